The fraction of sp³-hybridized carbons (Fsp3) is 0.800. The molecular weight excluding hydrogens is 212 g/mol. The van der Waals surface area contributed by atoms with Gasteiger partial charge in [0.2, 0.25) is 5.91 Å². The van der Waals surface area contributed by atoms with Crippen molar-refractivity contribution in [3.05, 3.63) is 0 Å². The second-order valence-corrected chi connectivity index (χ2v) is 4.78. The minimum Gasteiger partial charge on any atom is -0.320 e. The Kier molecular flexibility index (Phi) is 4.45. The van der Waals surface area contributed by atoms with E-state index < -0.39 is 0 Å². The van der Waals surface area contributed by atoms with Gasteiger partial charge in [-0.25, -0.2) is 4.79 Å². The number of amides is 3. The third-order valence-electron chi connectivity index (χ3n) is 2.68. The molecule has 0 aliphatic carbocycles. The van der Waals surface area contributed by atoms with Crippen LogP contribution in [0, 0.1) is 5.92 Å². The maximum atomic E-state index is 11.6. The Morgan fingerprint density at radius 2 is 2.27 bits per heavy atom. The molecule has 0 radical (unpaired) electrons. The Labute approximate surface area is 94.8 Å². The first-order valence-electron chi connectivity index (χ1n) is 5.20. The van der Waals surface area contributed by atoms with Gasteiger partial charge in [-0.15, -0.1) is 0 Å². The van der Waals surface area contributed by atoms with Gasteiger partial charge < -0.3 is 4.90 Å². The van der Waals surface area contributed by atoms with Crippen LogP contribution in [0.1, 0.15) is 20.3 Å². The van der Waals surface area contributed by atoms with E-state index in [1.165, 1.54) is 0 Å². The minimum atomic E-state index is -0.237. The molecule has 15 heavy (non-hydrogen) atoms. The van der Waals surface area contributed by atoms with E-state index in [1.807, 2.05) is 13.2 Å². The van der Waals surface area contributed by atoms with Crippen LogP contribution in [0.4, 0.5) is 4.79 Å². The van der Waals surface area contributed by atoms with Gasteiger partial charge in [-0.3, -0.25) is 10.1 Å². The summed E-state index contributed by atoms with van der Waals surface area (Å²) >= 11 is 1.73. The predicted molar refractivity (Wildman–Crippen MR) is 61.9 cm³/mol. The largest absolute Gasteiger partial charge is 0.324 e. The van der Waals surface area contributed by atoms with Crippen molar-refractivity contribution < 1.29 is 9.59 Å². The quantitative estimate of drug-likeness (QED) is 0.792. The summed E-state index contributed by atoms with van der Waals surface area (Å²) in [5, 5.41) is 2.39. The van der Waals surface area contributed by atoms with Gasteiger partial charge >= 0.3 is 6.03 Å². The second kappa shape index (κ2) is 5.39. The maximum Gasteiger partial charge on any atom is 0.324 e. The molecule has 86 valence electrons. The molecule has 2 unspecified atom stereocenters. The van der Waals surface area contributed by atoms with Gasteiger partial charge in [0.05, 0.1) is 5.92 Å². The Morgan fingerprint density at radius 3 is 2.80 bits per heavy atom. The number of nitrogens with one attached hydrogen (secondary N) is 1. The number of hydrogen-bond donors (Lipinski definition) is 1. The molecule has 1 rings (SSSR count). The van der Waals surface area contributed by atoms with Crippen molar-refractivity contribution in [3.63, 3.8) is 0 Å². The number of rotatable bonds is 4. The summed E-state index contributed by atoms with van der Waals surface area (Å²) in [5.41, 5.74) is 0. The highest BCUT2D eigenvalue weighted by atomic mass is 32.2. The monoisotopic (exact) mass is 230 g/mol. The maximum absolute atomic E-state index is 11.6. The van der Waals surface area contributed by atoms with Crippen molar-refractivity contribution in [3.8, 4) is 0 Å². The smallest absolute Gasteiger partial charge is 0.320 e. The molecule has 0 aromatic rings. The first kappa shape index (κ1) is 12.4. The summed E-state index contributed by atoms with van der Waals surface area (Å²) in [6.45, 7) is 4.46. The van der Waals surface area contributed by atoms with Crippen LogP contribution in [-0.2, 0) is 4.79 Å². The normalized spacial score (nSPS) is 23.9. The fourth-order valence-electron chi connectivity index (χ4n) is 1.70. The minimum absolute atomic E-state index is 0.0985. The summed E-state index contributed by atoms with van der Waals surface area (Å²) < 4.78 is 0. The number of urea groups is 1. The van der Waals surface area contributed by atoms with Crippen molar-refractivity contribution in [2.24, 2.45) is 5.92 Å². The van der Waals surface area contributed by atoms with Crippen LogP contribution in [0.25, 0.3) is 0 Å². The highest BCUT2D eigenvalue weighted by Gasteiger charge is 2.32. The summed E-state index contributed by atoms with van der Waals surface area (Å²) in [7, 11) is 0. The molecule has 1 fully saturated rings. The summed E-state index contributed by atoms with van der Waals surface area (Å²) in [6.07, 6.45) is 2.95. The molecule has 0 bridgehead atoms. The molecule has 0 spiro atoms. The fourth-order valence-corrected chi connectivity index (χ4v) is 2.50. The molecule has 0 aromatic heterocycles. The van der Waals surface area contributed by atoms with Crippen molar-refractivity contribution in [2.75, 3.05) is 18.6 Å². The van der Waals surface area contributed by atoms with Crippen molar-refractivity contribution in [1.29, 1.82) is 0 Å². The first-order valence-corrected chi connectivity index (χ1v) is 6.59. The first-order chi connectivity index (χ1) is 7.10. The number of carbonyl (C=O) groups excluding carboxylic acids is 2. The van der Waals surface area contributed by atoms with E-state index in [9.17, 15) is 9.59 Å². The molecule has 1 heterocycles. The lowest BCUT2D eigenvalue weighted by Crippen LogP contribution is -2.57. The van der Waals surface area contributed by atoms with Gasteiger partial charge in [-0.2, -0.15) is 11.8 Å². The summed E-state index contributed by atoms with van der Waals surface area (Å²) in [6, 6.07) is -0.00505. The molecule has 0 aromatic carbocycles. The van der Waals surface area contributed by atoms with Gasteiger partial charge in [0, 0.05) is 18.3 Å². The number of thioether (sulfide) groups is 1. The molecule has 1 aliphatic rings. The van der Waals surface area contributed by atoms with Crippen molar-refractivity contribution >= 4 is 23.7 Å². The van der Waals surface area contributed by atoms with E-state index in [2.05, 4.69) is 12.2 Å². The van der Waals surface area contributed by atoms with Crippen LogP contribution in [0.2, 0.25) is 0 Å². The van der Waals surface area contributed by atoms with Gasteiger partial charge in [-0.05, 0) is 12.7 Å². The molecule has 1 N–H and O–H groups in total. The highest BCUT2D eigenvalue weighted by Crippen LogP contribution is 2.16. The third-order valence-corrected chi connectivity index (χ3v) is 3.40. The van der Waals surface area contributed by atoms with Gasteiger partial charge in [0.1, 0.15) is 0 Å². The van der Waals surface area contributed by atoms with Crippen molar-refractivity contribution in [1.82, 2.24) is 10.2 Å². The summed E-state index contributed by atoms with van der Waals surface area (Å²) in [4.78, 5) is 24.6. The second-order valence-electron chi connectivity index (χ2n) is 3.87. The Bertz CT molecular complexity index is 258. The van der Waals surface area contributed by atoms with E-state index in [0.717, 1.165) is 12.2 Å². The van der Waals surface area contributed by atoms with E-state index in [-0.39, 0.29) is 23.9 Å². The number of imide groups is 1. The number of carbonyl (C=O) groups is 2. The molecule has 4 nitrogen and oxygen atoms in total. The van der Waals surface area contributed by atoms with Crippen LogP contribution in [0.15, 0.2) is 0 Å². The number of hydrogen-bond acceptors (Lipinski definition) is 3. The topological polar surface area (TPSA) is 49.4 Å². The predicted octanol–water partition coefficient (Wildman–Crippen LogP) is 1.32. The standard InChI is InChI=1S/C10H18N2O2S/c1-4-8(6-15-3)12-5-7(2)9(13)11-10(12)14/h7-8H,4-6H2,1-3H3,(H,11,13,14). The zero-order valence-corrected chi connectivity index (χ0v) is 10.3. The molecule has 2 atom stereocenters. The highest BCUT2D eigenvalue weighted by molar-refractivity contribution is 7.98. The number of nitrogens with zero attached hydrogens (tertiary/aromatic N) is 1. The van der Waals surface area contributed by atoms with Crippen LogP contribution in [0.3, 0.4) is 0 Å². The molecule has 3 amide bonds. The molecule has 5 heteroatoms. The third kappa shape index (κ3) is 2.87. The molecule has 1 saturated heterocycles. The van der Waals surface area contributed by atoms with Crippen LogP contribution in [-0.4, -0.2) is 41.4 Å². The van der Waals surface area contributed by atoms with Crippen LogP contribution in [0.5, 0.6) is 0 Å². The van der Waals surface area contributed by atoms with Crippen LogP contribution >= 0.6 is 11.8 Å². The lowest BCUT2D eigenvalue weighted by molar-refractivity contribution is -0.125. The lowest BCUT2D eigenvalue weighted by Gasteiger charge is -2.36. The zero-order valence-electron chi connectivity index (χ0n) is 9.45. The Hall–Kier alpha value is -0.710. The van der Waals surface area contributed by atoms with Gasteiger partial charge in [-0.1, -0.05) is 13.8 Å². The average molecular weight is 230 g/mol. The average Bonchev–Trinajstić information content (AvgIpc) is 2.20. The molecular formula is C10H18N2O2S. The molecule has 1 aliphatic heterocycles. The van der Waals surface area contributed by atoms with Crippen LogP contribution < -0.4 is 5.32 Å². The Balaban J connectivity index is 2.67. The molecule has 0 saturated carbocycles. The Morgan fingerprint density at radius 1 is 1.60 bits per heavy atom. The summed E-state index contributed by atoms with van der Waals surface area (Å²) in [5.74, 6) is 0.666. The van der Waals surface area contributed by atoms with E-state index in [1.54, 1.807) is 16.7 Å². The van der Waals surface area contributed by atoms with Gasteiger partial charge in [0.15, 0.2) is 0 Å². The SMILES string of the molecule is CCC(CSC)N1CC(C)C(=O)NC1=O. The van der Waals surface area contributed by atoms with E-state index in [4.69, 9.17) is 0 Å². The van der Waals surface area contributed by atoms with Gasteiger partial charge in [0.25, 0.3) is 0 Å². The van der Waals surface area contributed by atoms with E-state index >= 15 is 0 Å². The lowest BCUT2D eigenvalue weighted by atomic mass is 10.1. The van der Waals surface area contributed by atoms with Crippen molar-refractivity contribution in [2.45, 2.75) is 26.3 Å². The van der Waals surface area contributed by atoms with E-state index in [0.29, 0.717) is 6.54 Å². The zero-order chi connectivity index (χ0) is 11.4.